The van der Waals surface area contributed by atoms with Crippen molar-refractivity contribution in [2.24, 2.45) is 0 Å². The molecule has 0 spiro atoms. The van der Waals surface area contributed by atoms with Crippen molar-refractivity contribution in [3.8, 4) is 6.07 Å². The van der Waals surface area contributed by atoms with Gasteiger partial charge in [0.15, 0.2) is 0 Å². The van der Waals surface area contributed by atoms with Gasteiger partial charge in [0.05, 0.1) is 17.9 Å². The van der Waals surface area contributed by atoms with E-state index in [0.717, 1.165) is 16.9 Å². The first-order valence-electron chi connectivity index (χ1n) is 5.87. The average molecular weight is 253 g/mol. The number of hydrogen-bond donors (Lipinski definition) is 2. The second-order valence-corrected chi connectivity index (χ2v) is 4.17. The molecule has 4 heteroatoms. The van der Waals surface area contributed by atoms with Crippen LogP contribution in [-0.4, -0.2) is 7.11 Å². The predicted molar refractivity (Wildman–Crippen MR) is 76.0 cm³/mol. The molecule has 3 N–H and O–H groups in total. The van der Waals surface area contributed by atoms with E-state index in [0.29, 0.717) is 17.9 Å². The number of anilines is 3. The molecular weight excluding hydrogens is 238 g/mol. The lowest BCUT2D eigenvalue weighted by molar-refractivity contribution is 0.185. The summed E-state index contributed by atoms with van der Waals surface area (Å²) in [7, 11) is 1.67. The summed E-state index contributed by atoms with van der Waals surface area (Å²) in [6.45, 7) is 0.574. The second kappa shape index (κ2) is 5.89. The third-order valence-corrected chi connectivity index (χ3v) is 2.70. The van der Waals surface area contributed by atoms with Gasteiger partial charge < -0.3 is 15.8 Å². The fourth-order valence-corrected chi connectivity index (χ4v) is 1.81. The highest BCUT2D eigenvalue weighted by Gasteiger charge is 2.01. The predicted octanol–water partition coefficient (Wildman–Crippen LogP) is 3.03. The van der Waals surface area contributed by atoms with Crippen molar-refractivity contribution in [1.29, 1.82) is 5.26 Å². The first kappa shape index (κ1) is 12.9. The van der Waals surface area contributed by atoms with Crippen LogP contribution in [-0.2, 0) is 11.3 Å². The molecule has 0 saturated carbocycles. The number of nitriles is 1. The molecule has 2 aromatic rings. The Labute approximate surface area is 112 Å². The van der Waals surface area contributed by atoms with Crippen molar-refractivity contribution in [3.05, 3.63) is 53.6 Å². The van der Waals surface area contributed by atoms with E-state index in [4.69, 9.17) is 15.7 Å². The Kier molecular flexibility index (Phi) is 4.01. The van der Waals surface area contributed by atoms with Crippen LogP contribution in [0.3, 0.4) is 0 Å². The number of nitrogens with two attached hydrogens (primary N) is 1. The third kappa shape index (κ3) is 3.24. The lowest BCUT2D eigenvalue weighted by atomic mass is 10.1. The number of rotatable bonds is 4. The molecule has 0 fully saturated rings. The molecule has 0 heterocycles. The van der Waals surface area contributed by atoms with Crippen LogP contribution in [0.5, 0.6) is 0 Å². The molecule has 0 unspecified atom stereocenters. The Balaban J connectivity index is 2.19. The van der Waals surface area contributed by atoms with Gasteiger partial charge in [-0.3, -0.25) is 0 Å². The van der Waals surface area contributed by atoms with Crippen LogP contribution in [0.2, 0.25) is 0 Å². The minimum Gasteiger partial charge on any atom is -0.398 e. The summed E-state index contributed by atoms with van der Waals surface area (Å²) in [5.74, 6) is 0. The van der Waals surface area contributed by atoms with E-state index in [1.165, 1.54) is 0 Å². The zero-order valence-electron chi connectivity index (χ0n) is 10.7. The monoisotopic (exact) mass is 253 g/mol. The summed E-state index contributed by atoms with van der Waals surface area (Å²) in [6.07, 6.45) is 0. The molecule has 0 radical (unpaired) electrons. The molecule has 19 heavy (non-hydrogen) atoms. The van der Waals surface area contributed by atoms with Crippen molar-refractivity contribution in [2.75, 3.05) is 18.2 Å². The first-order chi connectivity index (χ1) is 9.22. The first-order valence-corrected chi connectivity index (χ1v) is 5.87. The Morgan fingerprint density at radius 2 is 2.00 bits per heavy atom. The standard InChI is InChI=1S/C15H15N3O/c1-19-10-11-3-2-4-13(7-11)18-14-6-5-12(9-16)15(17)8-14/h2-8,18H,10,17H2,1H3. The Morgan fingerprint density at radius 1 is 1.21 bits per heavy atom. The average Bonchev–Trinajstić information content (AvgIpc) is 2.40. The number of nitrogen functional groups attached to an aromatic ring is 1. The van der Waals surface area contributed by atoms with E-state index < -0.39 is 0 Å². The van der Waals surface area contributed by atoms with E-state index in [-0.39, 0.29) is 0 Å². The fourth-order valence-electron chi connectivity index (χ4n) is 1.81. The summed E-state index contributed by atoms with van der Waals surface area (Å²) in [5.41, 5.74) is 9.64. The lowest BCUT2D eigenvalue weighted by Gasteiger charge is -2.09. The number of methoxy groups -OCH3 is 1. The van der Waals surface area contributed by atoms with Crippen LogP contribution in [0.4, 0.5) is 17.1 Å². The molecule has 4 nitrogen and oxygen atoms in total. The molecule has 0 aromatic heterocycles. The Hall–Kier alpha value is -2.51. The van der Waals surface area contributed by atoms with Crippen LogP contribution >= 0.6 is 0 Å². The van der Waals surface area contributed by atoms with Crippen LogP contribution in [0.25, 0.3) is 0 Å². The maximum Gasteiger partial charge on any atom is 0.101 e. The summed E-state index contributed by atoms with van der Waals surface area (Å²) in [6, 6.07) is 15.3. The van der Waals surface area contributed by atoms with Gasteiger partial charge >= 0.3 is 0 Å². The zero-order valence-corrected chi connectivity index (χ0v) is 10.7. The maximum absolute atomic E-state index is 8.83. The van der Waals surface area contributed by atoms with Gasteiger partial charge in [-0.15, -0.1) is 0 Å². The molecule has 0 amide bonds. The molecule has 0 saturated heterocycles. The van der Waals surface area contributed by atoms with Crippen LogP contribution in [0.15, 0.2) is 42.5 Å². The highest BCUT2D eigenvalue weighted by atomic mass is 16.5. The van der Waals surface area contributed by atoms with E-state index >= 15 is 0 Å². The minimum absolute atomic E-state index is 0.473. The van der Waals surface area contributed by atoms with Gasteiger partial charge in [-0.1, -0.05) is 12.1 Å². The van der Waals surface area contributed by atoms with Crippen molar-refractivity contribution >= 4 is 17.1 Å². The molecule has 0 bridgehead atoms. The van der Waals surface area contributed by atoms with Gasteiger partial charge in [0.1, 0.15) is 6.07 Å². The molecule has 2 aromatic carbocycles. The van der Waals surface area contributed by atoms with E-state index in [9.17, 15) is 0 Å². The lowest BCUT2D eigenvalue weighted by Crippen LogP contribution is -1.96. The normalized spacial score (nSPS) is 9.89. The van der Waals surface area contributed by atoms with Crippen molar-refractivity contribution < 1.29 is 4.74 Å². The minimum atomic E-state index is 0.473. The number of nitrogens with one attached hydrogen (secondary N) is 1. The van der Waals surface area contributed by atoms with Crippen molar-refractivity contribution in [1.82, 2.24) is 0 Å². The second-order valence-electron chi connectivity index (χ2n) is 4.17. The molecule has 0 aliphatic carbocycles. The van der Waals surface area contributed by atoms with Gasteiger partial charge in [-0.25, -0.2) is 0 Å². The van der Waals surface area contributed by atoms with Gasteiger partial charge in [0.25, 0.3) is 0 Å². The van der Waals surface area contributed by atoms with E-state index in [1.54, 1.807) is 19.2 Å². The zero-order chi connectivity index (χ0) is 13.7. The van der Waals surface area contributed by atoms with Crippen LogP contribution in [0.1, 0.15) is 11.1 Å². The van der Waals surface area contributed by atoms with Gasteiger partial charge in [-0.05, 0) is 35.9 Å². The van der Waals surface area contributed by atoms with Gasteiger partial charge in [-0.2, -0.15) is 5.26 Å². The summed E-state index contributed by atoms with van der Waals surface area (Å²) < 4.78 is 5.10. The molecule has 2 rings (SSSR count). The van der Waals surface area contributed by atoms with Crippen molar-refractivity contribution in [2.45, 2.75) is 6.61 Å². The highest BCUT2D eigenvalue weighted by Crippen LogP contribution is 2.22. The SMILES string of the molecule is COCc1cccc(Nc2ccc(C#N)c(N)c2)c1. The summed E-state index contributed by atoms with van der Waals surface area (Å²) in [5, 5.41) is 12.1. The summed E-state index contributed by atoms with van der Waals surface area (Å²) in [4.78, 5) is 0. The highest BCUT2D eigenvalue weighted by molar-refractivity contribution is 5.67. The third-order valence-electron chi connectivity index (χ3n) is 2.70. The molecular formula is C15H15N3O. The summed E-state index contributed by atoms with van der Waals surface area (Å²) >= 11 is 0. The Bertz CT molecular complexity index is 617. The molecule has 0 aliphatic rings. The van der Waals surface area contributed by atoms with Gasteiger partial charge in [0.2, 0.25) is 0 Å². The van der Waals surface area contributed by atoms with Crippen molar-refractivity contribution in [3.63, 3.8) is 0 Å². The van der Waals surface area contributed by atoms with E-state index in [1.807, 2.05) is 36.4 Å². The quantitative estimate of drug-likeness (QED) is 0.821. The number of ether oxygens (including phenoxy) is 1. The maximum atomic E-state index is 8.83. The fraction of sp³-hybridized carbons (Fsp3) is 0.133. The van der Waals surface area contributed by atoms with Gasteiger partial charge in [0, 0.05) is 18.5 Å². The van der Waals surface area contributed by atoms with E-state index in [2.05, 4.69) is 5.32 Å². The van der Waals surface area contributed by atoms with Crippen LogP contribution < -0.4 is 11.1 Å². The Morgan fingerprint density at radius 3 is 2.68 bits per heavy atom. The molecule has 0 aliphatic heterocycles. The number of nitrogens with zero attached hydrogens (tertiary/aromatic N) is 1. The smallest absolute Gasteiger partial charge is 0.101 e. The van der Waals surface area contributed by atoms with Crippen LogP contribution in [0, 0.1) is 11.3 Å². The molecule has 96 valence electrons. The largest absolute Gasteiger partial charge is 0.398 e. The number of hydrogen-bond acceptors (Lipinski definition) is 4. The topological polar surface area (TPSA) is 71.1 Å². The number of benzene rings is 2. The molecule has 0 atom stereocenters.